The smallest absolute Gasteiger partial charge is 0.434 e. The van der Waals surface area contributed by atoms with Crippen LogP contribution in [0.4, 0.5) is 13.2 Å². The Hall–Kier alpha value is -4.10. The van der Waals surface area contributed by atoms with Crippen LogP contribution in [0.15, 0.2) is 59.4 Å². The number of halogens is 3. The third-order valence-corrected chi connectivity index (χ3v) is 6.40. The minimum atomic E-state index is -4.77. The predicted octanol–water partition coefficient (Wildman–Crippen LogP) is 3.83. The number of aromatic nitrogens is 5. The second kappa shape index (κ2) is 10.3. The number of carboxylic acid groups (broad SMARTS) is 1. The molecule has 1 aromatic carbocycles. The van der Waals surface area contributed by atoms with Crippen molar-refractivity contribution >= 4 is 5.97 Å². The molecule has 1 saturated heterocycles. The normalized spacial score (nSPS) is 17.4. The van der Waals surface area contributed by atoms with Crippen molar-refractivity contribution in [3.63, 3.8) is 0 Å². The topological polar surface area (TPSA) is 130 Å². The molecule has 1 fully saturated rings. The molecule has 4 heterocycles. The van der Waals surface area contributed by atoms with E-state index in [9.17, 15) is 28.2 Å². The fourth-order valence-electron chi connectivity index (χ4n) is 4.51. The number of nitrogens with zero attached hydrogens (tertiary/aromatic N) is 6. The zero-order valence-electron chi connectivity index (χ0n) is 19.9. The number of hydrogen-bond acceptors (Lipinski definition) is 8. The summed E-state index contributed by atoms with van der Waals surface area (Å²) in [6.45, 7) is 1.38. The van der Waals surface area contributed by atoms with Crippen molar-refractivity contribution in [1.82, 2.24) is 29.8 Å². The van der Waals surface area contributed by atoms with Crippen LogP contribution in [0.25, 0.3) is 28.7 Å². The lowest BCUT2D eigenvalue weighted by molar-refractivity contribution is -0.144. The van der Waals surface area contributed by atoms with Crippen molar-refractivity contribution < 1.29 is 32.7 Å². The summed E-state index contributed by atoms with van der Waals surface area (Å²) < 4.78 is 47.7. The van der Waals surface area contributed by atoms with Crippen molar-refractivity contribution in [3.8, 4) is 28.7 Å². The molecule has 198 valence electrons. The molecule has 4 aromatic rings. The largest absolute Gasteiger partial charge is 0.481 e. The third kappa shape index (κ3) is 5.29. The van der Waals surface area contributed by atoms with E-state index in [-0.39, 0.29) is 29.6 Å². The van der Waals surface area contributed by atoms with E-state index in [1.165, 1.54) is 12.3 Å². The van der Waals surface area contributed by atoms with Crippen molar-refractivity contribution in [1.29, 1.82) is 0 Å². The Kier molecular flexibility index (Phi) is 6.95. The number of carboxylic acids is 1. The molecule has 0 radical (unpaired) electrons. The second-order valence-corrected chi connectivity index (χ2v) is 9.00. The molecule has 2 atom stereocenters. The Morgan fingerprint density at radius 2 is 1.97 bits per heavy atom. The van der Waals surface area contributed by atoms with Gasteiger partial charge in [0, 0.05) is 24.8 Å². The summed E-state index contributed by atoms with van der Waals surface area (Å²) in [5, 5.41) is 27.6. The fourth-order valence-corrected chi connectivity index (χ4v) is 4.51. The fraction of sp³-hybridized carbons (Fsp3) is 0.320. The molecule has 10 nitrogen and oxygen atoms in total. The maximum atomic E-state index is 14.0. The monoisotopic (exact) mass is 528 g/mol. The van der Waals surface area contributed by atoms with Crippen LogP contribution in [0.2, 0.25) is 0 Å². The lowest BCUT2D eigenvalue weighted by Gasteiger charge is -2.32. The van der Waals surface area contributed by atoms with Gasteiger partial charge in [0.1, 0.15) is 0 Å². The average molecular weight is 528 g/mol. The van der Waals surface area contributed by atoms with E-state index in [2.05, 4.69) is 20.2 Å². The Morgan fingerprint density at radius 1 is 1.18 bits per heavy atom. The average Bonchev–Trinajstić information content (AvgIpc) is 3.57. The number of rotatable bonds is 7. The Labute approximate surface area is 214 Å². The van der Waals surface area contributed by atoms with Crippen molar-refractivity contribution in [2.45, 2.75) is 25.1 Å². The molecule has 0 spiro atoms. The number of benzene rings is 1. The van der Waals surface area contributed by atoms with Gasteiger partial charge in [-0.2, -0.15) is 23.3 Å². The highest BCUT2D eigenvalue weighted by molar-refractivity contribution is 5.70. The first-order valence-electron chi connectivity index (χ1n) is 11.8. The van der Waals surface area contributed by atoms with Crippen LogP contribution in [-0.4, -0.2) is 65.6 Å². The molecule has 0 unspecified atom stereocenters. The van der Waals surface area contributed by atoms with Crippen LogP contribution in [0.5, 0.6) is 0 Å². The first-order chi connectivity index (χ1) is 18.2. The van der Waals surface area contributed by atoms with Crippen molar-refractivity contribution in [3.05, 3.63) is 66.1 Å². The van der Waals surface area contributed by atoms with Gasteiger partial charge in [0.05, 0.1) is 23.8 Å². The number of aliphatic carboxylic acids is 1. The number of hydrogen-bond donors (Lipinski definition) is 2. The quantitative estimate of drug-likeness (QED) is 0.367. The molecular weight excluding hydrogens is 505 g/mol. The number of piperidine rings is 1. The van der Waals surface area contributed by atoms with E-state index >= 15 is 0 Å². The number of carbonyl (C=O) groups is 1. The van der Waals surface area contributed by atoms with Gasteiger partial charge in [-0.15, -0.1) is 0 Å². The van der Waals surface area contributed by atoms with E-state index < -0.39 is 29.9 Å². The molecule has 1 aliphatic heterocycles. The van der Waals surface area contributed by atoms with Gasteiger partial charge in [-0.05, 0) is 37.1 Å². The molecule has 13 heteroatoms. The first kappa shape index (κ1) is 25.5. The lowest BCUT2D eigenvalue weighted by Crippen LogP contribution is -2.40. The maximum Gasteiger partial charge on any atom is 0.434 e. The second-order valence-electron chi connectivity index (χ2n) is 9.00. The van der Waals surface area contributed by atoms with E-state index in [0.29, 0.717) is 35.3 Å². The number of likely N-dealkylation sites (tertiary alicyclic amines) is 1. The number of alkyl halides is 3. The molecule has 38 heavy (non-hydrogen) atoms. The minimum absolute atomic E-state index is 0.0111. The van der Waals surface area contributed by atoms with Gasteiger partial charge in [-0.1, -0.05) is 35.5 Å². The van der Waals surface area contributed by atoms with Crippen LogP contribution in [0.1, 0.15) is 30.2 Å². The zero-order chi connectivity index (χ0) is 26.9. The summed E-state index contributed by atoms with van der Waals surface area (Å²) >= 11 is 0. The van der Waals surface area contributed by atoms with Crippen LogP contribution in [0.3, 0.4) is 0 Å². The van der Waals surface area contributed by atoms with Gasteiger partial charge in [0.15, 0.2) is 11.5 Å². The summed E-state index contributed by atoms with van der Waals surface area (Å²) in [6.07, 6.45) is -1.87. The van der Waals surface area contributed by atoms with Crippen LogP contribution >= 0.6 is 0 Å². The summed E-state index contributed by atoms with van der Waals surface area (Å²) in [4.78, 5) is 21.3. The Bertz CT molecular complexity index is 1400. The van der Waals surface area contributed by atoms with Gasteiger partial charge in [-0.3, -0.25) is 9.69 Å². The van der Waals surface area contributed by atoms with Gasteiger partial charge < -0.3 is 14.7 Å². The summed E-state index contributed by atoms with van der Waals surface area (Å²) in [5.74, 6) is -1.57. The van der Waals surface area contributed by atoms with E-state index in [1.54, 1.807) is 36.4 Å². The molecule has 0 bridgehead atoms. The molecule has 0 aliphatic carbocycles. The number of aliphatic hydroxyl groups is 1. The lowest BCUT2D eigenvalue weighted by atomic mass is 9.97. The molecule has 0 amide bonds. The summed E-state index contributed by atoms with van der Waals surface area (Å²) in [7, 11) is 0. The number of β-amino-alcohol motifs (C(OH)–C–C–N with tert-alkyl or cyclic N) is 1. The van der Waals surface area contributed by atoms with Crippen LogP contribution in [-0.2, 0) is 11.0 Å². The molecular formula is C25H23F3N6O4. The Morgan fingerprint density at radius 3 is 2.66 bits per heavy atom. The van der Waals surface area contributed by atoms with Gasteiger partial charge in [0.2, 0.25) is 5.82 Å². The molecule has 2 N–H and O–H groups in total. The molecule has 5 rings (SSSR count). The maximum absolute atomic E-state index is 14.0. The van der Waals surface area contributed by atoms with Crippen LogP contribution in [0, 0.1) is 5.92 Å². The third-order valence-electron chi connectivity index (χ3n) is 6.40. The standard InChI is InChI=1S/C25H23F3N6O4/c26-25(27,28)21-18(12-30-34(21)20-5-1-2-10-29-20)23-31-22(32-38-23)16-8-6-15(7-9-16)19(35)14-33-11-3-4-17(13-33)24(36)37/h1-2,5-10,12,17,19,35H,3-4,11,13-14H2,(H,36,37)/t17-,19-/m0/s1. The van der Waals surface area contributed by atoms with Gasteiger partial charge >= 0.3 is 12.1 Å². The minimum Gasteiger partial charge on any atom is -0.481 e. The molecule has 0 saturated carbocycles. The zero-order valence-corrected chi connectivity index (χ0v) is 19.9. The van der Waals surface area contributed by atoms with Gasteiger partial charge in [0.25, 0.3) is 5.89 Å². The van der Waals surface area contributed by atoms with Crippen molar-refractivity contribution in [2.24, 2.45) is 5.92 Å². The number of pyridine rings is 1. The van der Waals surface area contributed by atoms with E-state index in [1.807, 2.05) is 4.90 Å². The van der Waals surface area contributed by atoms with E-state index in [0.717, 1.165) is 12.6 Å². The predicted molar refractivity (Wildman–Crippen MR) is 127 cm³/mol. The summed E-state index contributed by atoms with van der Waals surface area (Å²) in [5.41, 5.74) is -0.390. The summed E-state index contributed by atoms with van der Waals surface area (Å²) in [6, 6.07) is 11.1. The van der Waals surface area contributed by atoms with Crippen molar-refractivity contribution in [2.75, 3.05) is 19.6 Å². The highest BCUT2D eigenvalue weighted by Gasteiger charge is 2.41. The Balaban J connectivity index is 1.34. The van der Waals surface area contributed by atoms with Crippen LogP contribution < -0.4 is 0 Å². The highest BCUT2D eigenvalue weighted by Crippen LogP contribution is 2.38. The number of aliphatic hydroxyl groups excluding tert-OH is 1. The first-order valence-corrected chi connectivity index (χ1v) is 11.8. The van der Waals surface area contributed by atoms with E-state index in [4.69, 9.17) is 4.52 Å². The molecule has 1 aliphatic rings. The van der Waals surface area contributed by atoms with Gasteiger partial charge in [-0.25, -0.2) is 9.67 Å². The SMILES string of the molecule is O=C(O)[C@H]1CCCN(C[C@H](O)c2ccc(-c3noc(-c4cnn(-c5ccccn5)c4C(F)(F)F)n3)cc2)C1. The molecule has 3 aromatic heterocycles. The highest BCUT2D eigenvalue weighted by atomic mass is 19.4.